The highest BCUT2D eigenvalue weighted by atomic mass is 16.1. The van der Waals surface area contributed by atoms with Crippen molar-refractivity contribution in [2.45, 2.75) is 0 Å². The number of nitrogens with one attached hydrogen (secondary N) is 2. The second-order valence-electron chi connectivity index (χ2n) is 2.69. The van der Waals surface area contributed by atoms with Crippen LogP contribution in [0.1, 0.15) is 10.5 Å². The fraction of sp³-hybridized carbons (Fsp3) is 0. The van der Waals surface area contributed by atoms with E-state index in [2.05, 4.69) is 9.97 Å². The maximum Gasteiger partial charge on any atom is 0.280 e. The second-order valence-corrected chi connectivity index (χ2v) is 2.69. The Hall–Kier alpha value is -2.35. The molecule has 1 amide bonds. The first kappa shape index (κ1) is 8.26. The highest BCUT2D eigenvalue weighted by molar-refractivity contribution is 5.97. The van der Waals surface area contributed by atoms with Crippen molar-refractivity contribution in [3.8, 4) is 6.19 Å². The molecule has 2 aromatic heterocycles. The summed E-state index contributed by atoms with van der Waals surface area (Å²) in [6.45, 7) is 0. The topological polar surface area (TPSA) is 81.6 Å². The van der Waals surface area contributed by atoms with Crippen LogP contribution in [-0.4, -0.2) is 15.9 Å². The van der Waals surface area contributed by atoms with Gasteiger partial charge in [-0.05, 0) is 18.2 Å². The third-order valence-electron chi connectivity index (χ3n) is 1.81. The highest BCUT2D eigenvalue weighted by Crippen LogP contribution is 2.11. The van der Waals surface area contributed by atoms with E-state index >= 15 is 0 Å². The molecule has 2 N–H and O–H groups in total. The number of fused-ring (bicyclic) bond motifs is 1. The maximum absolute atomic E-state index is 11.2. The normalized spacial score (nSPS) is 9.64. The molecule has 2 heterocycles. The van der Waals surface area contributed by atoms with Crippen LogP contribution in [0, 0.1) is 11.5 Å². The van der Waals surface area contributed by atoms with Gasteiger partial charge in [0.05, 0.1) is 0 Å². The third-order valence-corrected chi connectivity index (χ3v) is 1.81. The zero-order valence-electron chi connectivity index (χ0n) is 7.11. The average molecular weight is 186 g/mol. The second kappa shape index (κ2) is 3.18. The van der Waals surface area contributed by atoms with Crippen molar-refractivity contribution >= 4 is 16.9 Å². The number of hydrogen-bond acceptors (Lipinski definition) is 3. The first-order chi connectivity index (χ1) is 6.81. The van der Waals surface area contributed by atoms with E-state index in [-0.39, 0.29) is 0 Å². The lowest BCUT2D eigenvalue weighted by Crippen LogP contribution is -2.17. The van der Waals surface area contributed by atoms with E-state index in [1.807, 2.05) is 11.4 Å². The van der Waals surface area contributed by atoms with E-state index in [4.69, 9.17) is 5.26 Å². The molecule has 2 aromatic rings. The van der Waals surface area contributed by atoms with E-state index < -0.39 is 5.91 Å². The molecular formula is C9H6N4O. The Labute approximate surface area is 79.4 Å². The van der Waals surface area contributed by atoms with Crippen molar-refractivity contribution in [2.24, 2.45) is 0 Å². The molecule has 0 fully saturated rings. The molecule has 5 nitrogen and oxygen atoms in total. The summed E-state index contributed by atoms with van der Waals surface area (Å²) in [6.07, 6.45) is 3.20. The van der Waals surface area contributed by atoms with Crippen LogP contribution in [0.4, 0.5) is 0 Å². The first-order valence-corrected chi connectivity index (χ1v) is 3.94. The van der Waals surface area contributed by atoms with Crippen LogP contribution < -0.4 is 5.32 Å². The van der Waals surface area contributed by atoms with Gasteiger partial charge < -0.3 is 4.98 Å². The van der Waals surface area contributed by atoms with Gasteiger partial charge in [0.25, 0.3) is 5.91 Å². The molecule has 0 radical (unpaired) electrons. The van der Waals surface area contributed by atoms with Crippen LogP contribution in [0.25, 0.3) is 11.0 Å². The molecule has 0 unspecified atom stereocenters. The number of carbonyl (C=O) groups excluding carboxylic acids is 1. The van der Waals surface area contributed by atoms with Gasteiger partial charge in [-0.25, -0.2) is 4.98 Å². The standard InChI is InChI=1S/C9H6N4O/c10-5-12-9(14)7-4-6-2-1-3-11-8(6)13-7/h1-4H,(H,11,13)(H,12,14). The Morgan fingerprint density at radius 1 is 1.64 bits per heavy atom. The number of aromatic amines is 1. The minimum absolute atomic E-state index is 0.334. The molecule has 0 saturated carbocycles. The molecule has 5 heteroatoms. The maximum atomic E-state index is 11.2. The lowest BCUT2D eigenvalue weighted by atomic mass is 10.3. The molecule has 0 saturated heterocycles. The van der Waals surface area contributed by atoms with Crippen molar-refractivity contribution in [3.63, 3.8) is 0 Å². The Morgan fingerprint density at radius 3 is 3.21 bits per heavy atom. The molecule has 14 heavy (non-hydrogen) atoms. The van der Waals surface area contributed by atoms with E-state index in [0.29, 0.717) is 11.3 Å². The number of carbonyl (C=O) groups is 1. The molecule has 2 rings (SSSR count). The Balaban J connectivity index is 2.46. The molecule has 0 aliphatic carbocycles. The lowest BCUT2D eigenvalue weighted by Gasteiger charge is -1.89. The first-order valence-electron chi connectivity index (χ1n) is 3.94. The Morgan fingerprint density at radius 2 is 2.50 bits per heavy atom. The fourth-order valence-corrected chi connectivity index (χ4v) is 1.20. The van der Waals surface area contributed by atoms with Crippen molar-refractivity contribution < 1.29 is 4.79 Å². The van der Waals surface area contributed by atoms with Gasteiger partial charge in [0, 0.05) is 11.6 Å². The van der Waals surface area contributed by atoms with Gasteiger partial charge in [-0.2, -0.15) is 5.26 Å². The van der Waals surface area contributed by atoms with Gasteiger partial charge in [0.2, 0.25) is 0 Å². The van der Waals surface area contributed by atoms with Gasteiger partial charge in [-0.15, -0.1) is 0 Å². The zero-order valence-corrected chi connectivity index (χ0v) is 7.11. The van der Waals surface area contributed by atoms with Crippen LogP contribution in [0.3, 0.4) is 0 Å². The van der Waals surface area contributed by atoms with Crippen LogP contribution in [0.15, 0.2) is 24.4 Å². The largest absolute Gasteiger partial charge is 0.335 e. The smallest absolute Gasteiger partial charge is 0.280 e. The number of H-pyrrole nitrogens is 1. The number of nitriles is 1. The van der Waals surface area contributed by atoms with E-state index in [1.165, 1.54) is 0 Å². The predicted octanol–water partition coefficient (Wildman–Crippen LogP) is 0.774. The number of hydrogen-bond donors (Lipinski definition) is 2. The molecule has 0 aromatic carbocycles. The number of pyridine rings is 1. The van der Waals surface area contributed by atoms with Gasteiger partial charge >= 0.3 is 0 Å². The molecule has 68 valence electrons. The fourth-order valence-electron chi connectivity index (χ4n) is 1.20. The van der Waals surface area contributed by atoms with Gasteiger partial charge in [0.1, 0.15) is 11.3 Å². The van der Waals surface area contributed by atoms with Crippen molar-refractivity contribution in [1.82, 2.24) is 15.3 Å². The summed E-state index contributed by atoms with van der Waals surface area (Å²) in [6, 6.07) is 5.26. The lowest BCUT2D eigenvalue weighted by molar-refractivity contribution is 0.0969. The van der Waals surface area contributed by atoms with Crippen molar-refractivity contribution in [2.75, 3.05) is 0 Å². The Kier molecular flexibility index (Phi) is 1.88. The van der Waals surface area contributed by atoms with Crippen LogP contribution in [0.5, 0.6) is 0 Å². The van der Waals surface area contributed by atoms with E-state index in [1.54, 1.807) is 24.5 Å². The van der Waals surface area contributed by atoms with E-state index in [9.17, 15) is 4.79 Å². The molecular weight excluding hydrogens is 180 g/mol. The van der Waals surface area contributed by atoms with Crippen LogP contribution >= 0.6 is 0 Å². The number of rotatable bonds is 1. The average Bonchev–Trinajstić information content (AvgIpc) is 2.61. The summed E-state index contributed by atoms with van der Waals surface area (Å²) in [5.74, 6) is -0.453. The summed E-state index contributed by atoms with van der Waals surface area (Å²) in [4.78, 5) is 18.1. The monoisotopic (exact) mass is 186 g/mol. The summed E-state index contributed by atoms with van der Waals surface area (Å²) < 4.78 is 0. The third kappa shape index (κ3) is 1.29. The van der Waals surface area contributed by atoms with Gasteiger partial charge in [0.15, 0.2) is 6.19 Å². The molecule has 0 aliphatic rings. The van der Waals surface area contributed by atoms with Crippen molar-refractivity contribution in [1.29, 1.82) is 5.26 Å². The quantitative estimate of drug-likeness (QED) is 0.510. The summed E-state index contributed by atoms with van der Waals surface area (Å²) in [7, 11) is 0. The highest BCUT2D eigenvalue weighted by Gasteiger charge is 2.08. The SMILES string of the molecule is N#CNC(=O)c1cc2cccnc2[nH]1. The summed E-state index contributed by atoms with van der Waals surface area (Å²) in [5, 5.41) is 11.1. The Bertz CT molecular complexity index is 490. The predicted molar refractivity (Wildman–Crippen MR) is 49.2 cm³/mol. The van der Waals surface area contributed by atoms with Gasteiger partial charge in [-0.3, -0.25) is 10.1 Å². The number of nitrogens with zero attached hydrogens (tertiary/aromatic N) is 2. The molecule has 0 spiro atoms. The summed E-state index contributed by atoms with van der Waals surface area (Å²) in [5.41, 5.74) is 0.968. The number of aromatic nitrogens is 2. The van der Waals surface area contributed by atoms with E-state index in [0.717, 1.165) is 5.39 Å². The molecule has 0 atom stereocenters. The van der Waals surface area contributed by atoms with Crippen LogP contribution in [-0.2, 0) is 0 Å². The molecule has 0 bridgehead atoms. The van der Waals surface area contributed by atoms with Crippen molar-refractivity contribution in [3.05, 3.63) is 30.1 Å². The zero-order chi connectivity index (χ0) is 9.97. The minimum atomic E-state index is -0.453. The summed E-state index contributed by atoms with van der Waals surface area (Å²) >= 11 is 0. The minimum Gasteiger partial charge on any atom is -0.335 e. The van der Waals surface area contributed by atoms with Crippen LogP contribution in [0.2, 0.25) is 0 Å². The number of amides is 1. The van der Waals surface area contributed by atoms with Gasteiger partial charge in [-0.1, -0.05) is 0 Å². The molecule has 0 aliphatic heterocycles.